The van der Waals surface area contributed by atoms with Gasteiger partial charge in [-0.15, -0.1) is 12.4 Å². The maximum atomic E-state index is 11.1. The van der Waals surface area contributed by atoms with E-state index in [0.29, 0.717) is 5.56 Å². The Morgan fingerprint density at radius 1 is 1.23 bits per heavy atom. The van der Waals surface area contributed by atoms with Crippen molar-refractivity contribution in [3.05, 3.63) is 47.6 Å². The summed E-state index contributed by atoms with van der Waals surface area (Å²) in [7, 11) is 0. The predicted octanol–water partition coefficient (Wildman–Crippen LogP) is 1.09. The molecule has 2 aromatic rings. The Labute approximate surface area is 135 Å². The number of aromatic nitrogens is 2. The van der Waals surface area contributed by atoms with E-state index in [1.807, 2.05) is 6.07 Å². The van der Waals surface area contributed by atoms with Crippen LogP contribution in [-0.4, -0.2) is 31.2 Å². The first kappa shape index (κ1) is 16.0. The Bertz CT molecular complexity index is 677. The molecule has 0 aromatic carbocycles. The standard InChI is InChI=1S/C15H15N5O.ClH/c16-10-13-9-14(12-1-5-20(21)6-2-12)11-18-15(13)19-7-3-17-4-8-19;/h1-2,5-6,9,11,17H,3-4,7-8H2;1H. The number of hydrogen-bond acceptors (Lipinski definition) is 5. The van der Waals surface area contributed by atoms with Gasteiger partial charge in [-0.2, -0.15) is 9.99 Å². The van der Waals surface area contributed by atoms with Gasteiger partial charge in [0.25, 0.3) is 0 Å². The molecule has 0 radical (unpaired) electrons. The van der Waals surface area contributed by atoms with Crippen LogP contribution in [0.3, 0.4) is 0 Å². The number of nitrogens with zero attached hydrogens (tertiary/aromatic N) is 4. The first-order chi connectivity index (χ1) is 10.3. The average Bonchev–Trinajstić information content (AvgIpc) is 2.56. The number of hydrogen-bond donors (Lipinski definition) is 1. The van der Waals surface area contributed by atoms with Gasteiger partial charge in [-0.25, -0.2) is 4.98 Å². The Balaban J connectivity index is 0.00000176. The Hall–Kier alpha value is -2.36. The van der Waals surface area contributed by atoms with Crippen LogP contribution in [0, 0.1) is 16.5 Å². The van der Waals surface area contributed by atoms with E-state index in [1.54, 1.807) is 18.3 Å². The summed E-state index contributed by atoms with van der Waals surface area (Å²) in [5.74, 6) is 0.734. The van der Waals surface area contributed by atoms with Crippen molar-refractivity contribution in [1.82, 2.24) is 10.3 Å². The summed E-state index contributed by atoms with van der Waals surface area (Å²) >= 11 is 0. The average molecular weight is 318 g/mol. The lowest BCUT2D eigenvalue weighted by molar-refractivity contribution is -0.605. The molecule has 1 saturated heterocycles. The third kappa shape index (κ3) is 3.27. The minimum atomic E-state index is 0. The fourth-order valence-electron chi connectivity index (χ4n) is 2.43. The van der Waals surface area contributed by atoms with Gasteiger partial charge in [-0.3, -0.25) is 0 Å². The summed E-state index contributed by atoms with van der Waals surface area (Å²) in [6.45, 7) is 3.50. The molecule has 6 nitrogen and oxygen atoms in total. The summed E-state index contributed by atoms with van der Waals surface area (Å²) in [5.41, 5.74) is 2.28. The number of nitriles is 1. The normalized spacial score (nSPS) is 14.0. The van der Waals surface area contributed by atoms with Crippen molar-refractivity contribution < 1.29 is 4.73 Å². The largest absolute Gasteiger partial charge is 0.619 e. The number of halogens is 1. The molecule has 2 aromatic heterocycles. The van der Waals surface area contributed by atoms with Crippen LogP contribution in [-0.2, 0) is 0 Å². The first-order valence-electron chi connectivity index (χ1n) is 6.83. The highest BCUT2D eigenvalue weighted by molar-refractivity contribution is 5.85. The van der Waals surface area contributed by atoms with Crippen LogP contribution in [0.25, 0.3) is 11.1 Å². The van der Waals surface area contributed by atoms with Gasteiger partial charge in [0, 0.05) is 50.1 Å². The van der Waals surface area contributed by atoms with Gasteiger partial charge in [0.1, 0.15) is 11.9 Å². The highest BCUT2D eigenvalue weighted by atomic mass is 35.5. The van der Waals surface area contributed by atoms with E-state index in [2.05, 4.69) is 21.3 Å². The summed E-state index contributed by atoms with van der Waals surface area (Å²) in [5, 5.41) is 23.7. The van der Waals surface area contributed by atoms with Crippen LogP contribution in [0.5, 0.6) is 0 Å². The molecule has 0 aliphatic carbocycles. The molecule has 1 aliphatic rings. The van der Waals surface area contributed by atoms with Crippen molar-refractivity contribution >= 4 is 18.2 Å². The molecule has 7 heteroatoms. The van der Waals surface area contributed by atoms with Crippen LogP contribution in [0.1, 0.15) is 5.56 Å². The zero-order valence-electron chi connectivity index (χ0n) is 11.9. The van der Waals surface area contributed by atoms with Crippen molar-refractivity contribution in [2.75, 3.05) is 31.1 Å². The molecule has 0 saturated carbocycles. The first-order valence-corrected chi connectivity index (χ1v) is 6.83. The van der Waals surface area contributed by atoms with Crippen molar-refractivity contribution in [1.29, 1.82) is 5.26 Å². The quantitative estimate of drug-likeness (QED) is 0.662. The molecule has 1 fully saturated rings. The molecule has 114 valence electrons. The summed E-state index contributed by atoms with van der Waals surface area (Å²) in [6, 6.07) is 7.49. The topological polar surface area (TPSA) is 78.9 Å². The zero-order valence-corrected chi connectivity index (χ0v) is 12.7. The van der Waals surface area contributed by atoms with E-state index in [0.717, 1.165) is 47.9 Å². The molecule has 0 unspecified atom stereocenters. The van der Waals surface area contributed by atoms with E-state index in [4.69, 9.17) is 0 Å². The maximum absolute atomic E-state index is 11.1. The summed E-state index contributed by atoms with van der Waals surface area (Å²) in [4.78, 5) is 6.58. The highest BCUT2D eigenvalue weighted by Crippen LogP contribution is 2.24. The van der Waals surface area contributed by atoms with Crippen molar-refractivity contribution in [2.45, 2.75) is 0 Å². The summed E-state index contributed by atoms with van der Waals surface area (Å²) < 4.78 is 0.733. The summed E-state index contributed by atoms with van der Waals surface area (Å²) in [6.07, 6.45) is 4.62. The lowest BCUT2D eigenvalue weighted by atomic mass is 10.1. The second-order valence-electron chi connectivity index (χ2n) is 4.89. The van der Waals surface area contributed by atoms with Crippen LogP contribution >= 0.6 is 12.4 Å². The fraction of sp³-hybridized carbons (Fsp3) is 0.267. The van der Waals surface area contributed by atoms with Gasteiger partial charge < -0.3 is 15.4 Å². The van der Waals surface area contributed by atoms with Crippen LogP contribution in [0.2, 0.25) is 0 Å². The van der Waals surface area contributed by atoms with Crippen LogP contribution in [0.15, 0.2) is 36.8 Å². The molecule has 0 bridgehead atoms. The van der Waals surface area contributed by atoms with E-state index < -0.39 is 0 Å². The van der Waals surface area contributed by atoms with Gasteiger partial charge in [-0.05, 0) is 11.6 Å². The minimum Gasteiger partial charge on any atom is -0.619 e. The smallest absolute Gasteiger partial charge is 0.180 e. The Morgan fingerprint density at radius 2 is 1.91 bits per heavy atom. The Kier molecular flexibility index (Phi) is 5.15. The van der Waals surface area contributed by atoms with Gasteiger partial charge >= 0.3 is 0 Å². The van der Waals surface area contributed by atoms with E-state index >= 15 is 0 Å². The number of piperazine rings is 1. The monoisotopic (exact) mass is 317 g/mol. The molecule has 22 heavy (non-hydrogen) atoms. The third-order valence-corrected chi connectivity index (χ3v) is 3.54. The lowest BCUT2D eigenvalue weighted by Gasteiger charge is -2.29. The minimum absolute atomic E-state index is 0. The van der Waals surface area contributed by atoms with Gasteiger partial charge in [-0.1, -0.05) is 0 Å². The molecule has 3 rings (SSSR count). The van der Waals surface area contributed by atoms with Crippen molar-refractivity contribution in [2.24, 2.45) is 0 Å². The zero-order chi connectivity index (χ0) is 14.7. The maximum Gasteiger partial charge on any atom is 0.180 e. The third-order valence-electron chi connectivity index (χ3n) is 3.54. The van der Waals surface area contributed by atoms with E-state index in [-0.39, 0.29) is 12.4 Å². The van der Waals surface area contributed by atoms with E-state index in [1.165, 1.54) is 12.4 Å². The second-order valence-corrected chi connectivity index (χ2v) is 4.89. The Morgan fingerprint density at radius 3 is 2.55 bits per heavy atom. The molecule has 3 heterocycles. The van der Waals surface area contributed by atoms with Gasteiger partial charge in [0.2, 0.25) is 0 Å². The fourth-order valence-corrected chi connectivity index (χ4v) is 2.43. The van der Waals surface area contributed by atoms with E-state index in [9.17, 15) is 10.5 Å². The predicted molar refractivity (Wildman–Crippen MR) is 85.7 cm³/mol. The molecule has 0 amide bonds. The van der Waals surface area contributed by atoms with Gasteiger partial charge in [0.05, 0.1) is 5.56 Å². The molecular weight excluding hydrogens is 302 g/mol. The molecule has 0 atom stereocenters. The second kappa shape index (κ2) is 7.07. The van der Waals surface area contributed by atoms with Crippen LogP contribution in [0.4, 0.5) is 5.82 Å². The lowest BCUT2D eigenvalue weighted by Crippen LogP contribution is -2.44. The van der Waals surface area contributed by atoms with Gasteiger partial charge in [0.15, 0.2) is 12.4 Å². The highest BCUT2D eigenvalue weighted by Gasteiger charge is 2.16. The van der Waals surface area contributed by atoms with Crippen LogP contribution < -0.4 is 14.9 Å². The number of anilines is 1. The number of nitrogens with one attached hydrogen (secondary N) is 1. The molecule has 1 N–H and O–H groups in total. The number of rotatable bonds is 2. The van der Waals surface area contributed by atoms with Crippen molar-refractivity contribution in [3.63, 3.8) is 0 Å². The number of pyridine rings is 2. The van der Waals surface area contributed by atoms with Crippen molar-refractivity contribution in [3.8, 4) is 17.2 Å². The molecule has 1 aliphatic heterocycles. The SMILES string of the molecule is Cl.N#Cc1cc(-c2cc[n+]([O-])cc2)cnc1N1CCNCC1. The molecular formula is C15H16ClN5O. The molecule has 0 spiro atoms.